The number of aryl methyl sites for hydroxylation is 1. The zero-order valence-electron chi connectivity index (χ0n) is 13.5. The number of nitro benzene ring substituents is 1. The first-order valence-corrected chi connectivity index (χ1v) is 7.72. The van der Waals surface area contributed by atoms with E-state index in [4.69, 9.17) is 0 Å². The summed E-state index contributed by atoms with van der Waals surface area (Å²) in [5.74, 6) is -0.317. The largest absolute Gasteiger partial charge is 0.395 e. The molecule has 0 aromatic heterocycles. The Morgan fingerprint density at radius 2 is 1.88 bits per heavy atom. The third-order valence-electron chi connectivity index (χ3n) is 3.82. The maximum Gasteiger partial charge on any atom is 0.273 e. The summed E-state index contributed by atoms with van der Waals surface area (Å²) >= 11 is 0. The number of amides is 1. The third-order valence-corrected chi connectivity index (χ3v) is 3.82. The summed E-state index contributed by atoms with van der Waals surface area (Å²) in [6.07, 6.45) is 0.653. The minimum atomic E-state index is -0.494. The molecule has 0 aliphatic heterocycles. The molecule has 0 bridgehead atoms. The zero-order chi connectivity index (χ0) is 17.5. The van der Waals surface area contributed by atoms with Crippen molar-refractivity contribution in [2.75, 3.05) is 19.7 Å². The van der Waals surface area contributed by atoms with Gasteiger partial charge in [-0.15, -0.1) is 0 Å². The molecule has 2 aromatic carbocycles. The second-order valence-electron chi connectivity index (χ2n) is 5.51. The molecule has 24 heavy (non-hydrogen) atoms. The van der Waals surface area contributed by atoms with Crippen LogP contribution < -0.4 is 0 Å². The molecular formula is C18H20N2O4. The molecule has 0 heterocycles. The maximum atomic E-state index is 12.6. The molecule has 0 fully saturated rings. The summed E-state index contributed by atoms with van der Waals surface area (Å²) in [6, 6.07) is 14.2. The minimum Gasteiger partial charge on any atom is -0.395 e. The van der Waals surface area contributed by atoms with E-state index in [-0.39, 0.29) is 30.3 Å². The number of aliphatic hydroxyl groups is 1. The third kappa shape index (κ3) is 4.39. The van der Waals surface area contributed by atoms with Crippen LogP contribution in [-0.4, -0.2) is 40.5 Å². The molecule has 0 spiro atoms. The molecule has 1 amide bonds. The van der Waals surface area contributed by atoms with Gasteiger partial charge in [-0.2, -0.15) is 0 Å². The van der Waals surface area contributed by atoms with Gasteiger partial charge in [0.05, 0.1) is 11.5 Å². The van der Waals surface area contributed by atoms with E-state index >= 15 is 0 Å². The van der Waals surface area contributed by atoms with Gasteiger partial charge in [-0.25, -0.2) is 0 Å². The van der Waals surface area contributed by atoms with Crippen molar-refractivity contribution in [1.29, 1.82) is 0 Å². The summed E-state index contributed by atoms with van der Waals surface area (Å²) in [7, 11) is 0. The highest BCUT2D eigenvalue weighted by Crippen LogP contribution is 2.20. The molecule has 6 nitrogen and oxygen atoms in total. The Morgan fingerprint density at radius 1 is 1.17 bits per heavy atom. The summed E-state index contributed by atoms with van der Waals surface area (Å²) in [5.41, 5.74) is 1.78. The normalized spacial score (nSPS) is 10.4. The van der Waals surface area contributed by atoms with E-state index in [1.807, 2.05) is 30.3 Å². The number of hydrogen-bond donors (Lipinski definition) is 1. The van der Waals surface area contributed by atoms with Crippen molar-refractivity contribution in [2.24, 2.45) is 0 Å². The molecule has 0 atom stereocenters. The van der Waals surface area contributed by atoms with Crippen LogP contribution in [0.3, 0.4) is 0 Å². The van der Waals surface area contributed by atoms with Gasteiger partial charge in [-0.3, -0.25) is 14.9 Å². The topological polar surface area (TPSA) is 83.7 Å². The lowest BCUT2D eigenvalue weighted by atomic mass is 10.1. The molecule has 1 N–H and O–H groups in total. The Bertz CT molecular complexity index is 716. The van der Waals surface area contributed by atoms with E-state index in [2.05, 4.69) is 0 Å². The minimum absolute atomic E-state index is 0.0761. The fourth-order valence-corrected chi connectivity index (χ4v) is 2.47. The molecule has 2 rings (SSSR count). The van der Waals surface area contributed by atoms with E-state index in [1.165, 1.54) is 11.0 Å². The average Bonchev–Trinajstić information content (AvgIpc) is 2.59. The number of nitro groups is 1. The van der Waals surface area contributed by atoms with Crippen LogP contribution >= 0.6 is 0 Å². The molecule has 0 radical (unpaired) electrons. The lowest BCUT2D eigenvalue weighted by molar-refractivity contribution is -0.385. The van der Waals surface area contributed by atoms with E-state index in [1.54, 1.807) is 19.1 Å². The molecule has 0 unspecified atom stereocenters. The monoisotopic (exact) mass is 328 g/mol. The van der Waals surface area contributed by atoms with Crippen molar-refractivity contribution < 1.29 is 14.8 Å². The Kier molecular flexibility index (Phi) is 6.03. The number of aliphatic hydroxyl groups excluding tert-OH is 1. The first kappa shape index (κ1) is 17.6. The fraction of sp³-hybridized carbons (Fsp3) is 0.278. The second-order valence-corrected chi connectivity index (χ2v) is 5.51. The van der Waals surface area contributed by atoms with Crippen LogP contribution in [0.4, 0.5) is 5.69 Å². The quantitative estimate of drug-likeness (QED) is 0.625. The number of nitrogens with zero attached hydrogens (tertiary/aromatic N) is 2. The number of carbonyl (C=O) groups is 1. The van der Waals surface area contributed by atoms with Gasteiger partial charge >= 0.3 is 0 Å². The van der Waals surface area contributed by atoms with Crippen LogP contribution in [0.25, 0.3) is 0 Å². The Balaban J connectivity index is 2.16. The van der Waals surface area contributed by atoms with Gasteiger partial charge in [0.15, 0.2) is 0 Å². The van der Waals surface area contributed by atoms with Gasteiger partial charge in [0.1, 0.15) is 0 Å². The Labute approximate surface area is 140 Å². The van der Waals surface area contributed by atoms with Crippen LogP contribution in [0, 0.1) is 17.0 Å². The van der Waals surface area contributed by atoms with Crippen molar-refractivity contribution in [3.05, 3.63) is 75.3 Å². The van der Waals surface area contributed by atoms with Crippen LogP contribution in [-0.2, 0) is 6.42 Å². The van der Waals surface area contributed by atoms with E-state index in [0.717, 1.165) is 5.56 Å². The molecule has 6 heteroatoms. The number of rotatable bonds is 7. The van der Waals surface area contributed by atoms with Gasteiger partial charge in [0.25, 0.3) is 11.6 Å². The van der Waals surface area contributed by atoms with Crippen LogP contribution in [0.5, 0.6) is 0 Å². The summed E-state index contributed by atoms with van der Waals surface area (Å²) in [4.78, 5) is 24.7. The predicted molar refractivity (Wildman–Crippen MR) is 91.0 cm³/mol. The van der Waals surface area contributed by atoms with Crippen LogP contribution in [0.1, 0.15) is 21.5 Å². The molecule has 126 valence electrons. The van der Waals surface area contributed by atoms with Gasteiger partial charge in [0, 0.05) is 30.3 Å². The maximum absolute atomic E-state index is 12.6. The molecule has 0 saturated heterocycles. The number of hydrogen-bond acceptors (Lipinski definition) is 4. The first-order chi connectivity index (χ1) is 11.5. The smallest absolute Gasteiger partial charge is 0.273 e. The van der Waals surface area contributed by atoms with Gasteiger partial charge in [-0.1, -0.05) is 36.4 Å². The van der Waals surface area contributed by atoms with Crippen LogP contribution in [0.15, 0.2) is 48.5 Å². The Hall–Kier alpha value is -2.73. The van der Waals surface area contributed by atoms with Gasteiger partial charge in [-0.05, 0) is 25.0 Å². The number of benzene rings is 2. The fourth-order valence-electron chi connectivity index (χ4n) is 2.47. The lowest BCUT2D eigenvalue weighted by Gasteiger charge is -2.22. The van der Waals surface area contributed by atoms with Crippen molar-refractivity contribution in [1.82, 2.24) is 4.90 Å². The highest BCUT2D eigenvalue weighted by molar-refractivity contribution is 5.95. The first-order valence-electron chi connectivity index (χ1n) is 7.72. The zero-order valence-corrected chi connectivity index (χ0v) is 13.5. The van der Waals surface area contributed by atoms with Crippen LogP contribution in [0.2, 0.25) is 0 Å². The molecule has 0 saturated carbocycles. The average molecular weight is 328 g/mol. The highest BCUT2D eigenvalue weighted by atomic mass is 16.6. The Morgan fingerprint density at radius 3 is 2.50 bits per heavy atom. The SMILES string of the molecule is Cc1ccc(C(=O)N(CCO)CCc2ccccc2)cc1[N+](=O)[O-]. The van der Waals surface area contributed by atoms with Crippen molar-refractivity contribution >= 4 is 11.6 Å². The van der Waals surface area contributed by atoms with Crippen molar-refractivity contribution in [3.8, 4) is 0 Å². The summed E-state index contributed by atoms with van der Waals surface area (Å²) in [6.45, 7) is 2.10. The van der Waals surface area contributed by atoms with Crippen molar-refractivity contribution in [3.63, 3.8) is 0 Å². The molecule has 0 aliphatic rings. The van der Waals surface area contributed by atoms with Gasteiger partial charge < -0.3 is 10.0 Å². The standard InChI is InChI=1S/C18H20N2O4/c1-14-7-8-16(13-17(14)20(23)24)18(22)19(11-12-21)10-9-15-5-3-2-4-6-15/h2-8,13,21H,9-12H2,1H3. The summed E-state index contributed by atoms with van der Waals surface area (Å²) < 4.78 is 0. The molecular weight excluding hydrogens is 308 g/mol. The van der Waals surface area contributed by atoms with E-state index in [9.17, 15) is 20.0 Å². The van der Waals surface area contributed by atoms with Crippen molar-refractivity contribution in [2.45, 2.75) is 13.3 Å². The molecule has 0 aliphatic carbocycles. The molecule has 2 aromatic rings. The van der Waals surface area contributed by atoms with E-state index < -0.39 is 4.92 Å². The summed E-state index contributed by atoms with van der Waals surface area (Å²) in [5, 5.41) is 20.3. The highest BCUT2D eigenvalue weighted by Gasteiger charge is 2.19. The second kappa shape index (κ2) is 8.21. The van der Waals surface area contributed by atoms with Gasteiger partial charge in [0.2, 0.25) is 0 Å². The van der Waals surface area contributed by atoms with E-state index in [0.29, 0.717) is 18.5 Å². The number of carbonyl (C=O) groups excluding carboxylic acids is 1. The predicted octanol–water partition coefficient (Wildman–Crippen LogP) is 2.58. The lowest BCUT2D eigenvalue weighted by Crippen LogP contribution is -2.35.